The van der Waals surface area contributed by atoms with E-state index < -0.39 is 5.66 Å². The molecule has 0 aromatic carbocycles. The van der Waals surface area contributed by atoms with Crippen LogP contribution >= 0.6 is 0 Å². The van der Waals surface area contributed by atoms with Crippen molar-refractivity contribution in [3.8, 4) is 0 Å². The van der Waals surface area contributed by atoms with Crippen LogP contribution in [0.25, 0.3) is 0 Å². The van der Waals surface area contributed by atoms with Gasteiger partial charge in [-0.1, -0.05) is 0 Å². The third-order valence-electron chi connectivity index (χ3n) is 0.812. The largest absolute Gasteiger partial charge is 0.784 e. The molecular weight excluding hydrogens is 92.1 g/mol. The van der Waals surface area contributed by atoms with E-state index >= 15 is 0 Å². The predicted molar refractivity (Wildman–Crippen MR) is 29.4 cm³/mol. The van der Waals surface area contributed by atoms with E-state index in [1.54, 1.807) is 13.8 Å². The van der Waals surface area contributed by atoms with Gasteiger partial charge in [-0.2, -0.15) is 0 Å². The lowest BCUT2D eigenvalue weighted by atomic mass is 10.3. The van der Waals surface area contributed by atoms with Crippen molar-refractivity contribution in [2.75, 3.05) is 7.05 Å². The highest BCUT2D eigenvalue weighted by Crippen LogP contribution is 1.98. The van der Waals surface area contributed by atoms with Crippen molar-refractivity contribution in [2.45, 2.75) is 19.5 Å². The molecule has 0 unspecified atom stereocenters. The Balaban J connectivity index is 3.54. The van der Waals surface area contributed by atoms with Gasteiger partial charge >= 0.3 is 0 Å². The first-order chi connectivity index (χ1) is 2.94. The molecule has 3 nitrogen and oxygen atoms in total. The Bertz CT molecular complexity index is 55.2. The quantitative estimate of drug-likeness (QED) is 0.378. The van der Waals surface area contributed by atoms with Gasteiger partial charge in [-0.3, -0.25) is 0 Å². The standard InChI is InChI=1S/C4H11N2O/c1-4(2,5)6(3)7/h5H2,1-3H3/q-1. The molecule has 0 saturated heterocycles. The summed E-state index contributed by atoms with van der Waals surface area (Å²) in [6.45, 7) is 3.31. The summed E-state index contributed by atoms with van der Waals surface area (Å²) in [4.78, 5) is 0. The lowest BCUT2D eigenvalue weighted by Gasteiger charge is -2.36. The van der Waals surface area contributed by atoms with E-state index in [1.165, 1.54) is 7.05 Å². The monoisotopic (exact) mass is 103 g/mol. The Labute approximate surface area is 43.7 Å². The molecule has 0 aliphatic heterocycles. The van der Waals surface area contributed by atoms with E-state index in [1.807, 2.05) is 0 Å². The fourth-order valence-corrected chi connectivity index (χ4v) is 0. The van der Waals surface area contributed by atoms with E-state index in [9.17, 15) is 5.21 Å². The fourth-order valence-electron chi connectivity index (χ4n) is 0. The third-order valence-corrected chi connectivity index (χ3v) is 0.812. The molecule has 0 aliphatic rings. The molecule has 44 valence electrons. The van der Waals surface area contributed by atoms with Crippen LogP contribution in [0.3, 0.4) is 0 Å². The highest BCUT2D eigenvalue weighted by atomic mass is 16.5. The van der Waals surface area contributed by atoms with Crippen molar-refractivity contribution in [3.63, 3.8) is 0 Å². The second-order valence-corrected chi connectivity index (χ2v) is 2.15. The molecule has 0 rings (SSSR count). The maximum absolute atomic E-state index is 10.3. The molecule has 0 aromatic rings. The minimum atomic E-state index is -0.722. The molecule has 0 aliphatic carbocycles. The summed E-state index contributed by atoms with van der Waals surface area (Å²) in [6.07, 6.45) is 0. The number of hydrogen-bond acceptors (Lipinski definition) is 3. The number of hydroxylamine groups is 2. The smallest absolute Gasteiger partial charge is 0.0512 e. The lowest BCUT2D eigenvalue weighted by Crippen LogP contribution is -2.45. The van der Waals surface area contributed by atoms with Crippen molar-refractivity contribution in [3.05, 3.63) is 5.21 Å². The topological polar surface area (TPSA) is 52.3 Å². The van der Waals surface area contributed by atoms with Crippen molar-refractivity contribution in [2.24, 2.45) is 5.73 Å². The molecule has 0 radical (unpaired) electrons. The van der Waals surface area contributed by atoms with Gasteiger partial charge in [-0.25, -0.2) is 0 Å². The van der Waals surface area contributed by atoms with Crippen LogP contribution in [0.5, 0.6) is 0 Å². The molecule has 0 atom stereocenters. The Hall–Kier alpha value is -0.120. The zero-order valence-corrected chi connectivity index (χ0v) is 4.93. The summed E-state index contributed by atoms with van der Waals surface area (Å²) in [7, 11) is 1.40. The van der Waals surface area contributed by atoms with Crippen LogP contribution in [-0.4, -0.2) is 17.8 Å². The summed E-state index contributed by atoms with van der Waals surface area (Å²) >= 11 is 0. The second kappa shape index (κ2) is 1.78. The van der Waals surface area contributed by atoms with E-state index in [2.05, 4.69) is 0 Å². The van der Waals surface area contributed by atoms with Crippen LogP contribution in [0, 0.1) is 5.21 Å². The maximum atomic E-state index is 10.3. The van der Waals surface area contributed by atoms with Crippen LogP contribution in [0.4, 0.5) is 0 Å². The van der Waals surface area contributed by atoms with Crippen LogP contribution in [0.1, 0.15) is 13.8 Å². The van der Waals surface area contributed by atoms with Gasteiger partial charge in [0.25, 0.3) is 0 Å². The van der Waals surface area contributed by atoms with Gasteiger partial charge in [0.1, 0.15) is 0 Å². The minimum absolute atomic E-state index is 0.715. The summed E-state index contributed by atoms with van der Waals surface area (Å²) in [5, 5.41) is 11.0. The number of hydrogen-bond donors (Lipinski definition) is 1. The van der Waals surface area contributed by atoms with Crippen molar-refractivity contribution >= 4 is 0 Å². The molecule has 3 heteroatoms. The number of nitrogens with two attached hydrogens (primary N) is 1. The van der Waals surface area contributed by atoms with Crippen LogP contribution in [-0.2, 0) is 0 Å². The first-order valence-electron chi connectivity index (χ1n) is 2.14. The van der Waals surface area contributed by atoms with E-state index in [0.29, 0.717) is 5.06 Å². The van der Waals surface area contributed by atoms with Gasteiger partial charge in [0.15, 0.2) is 0 Å². The Morgan fingerprint density at radius 2 is 1.71 bits per heavy atom. The Kier molecular flexibility index (Phi) is 1.75. The van der Waals surface area contributed by atoms with Crippen molar-refractivity contribution in [1.29, 1.82) is 0 Å². The van der Waals surface area contributed by atoms with Gasteiger partial charge in [-0.15, -0.1) is 0 Å². The minimum Gasteiger partial charge on any atom is -0.784 e. The molecule has 0 spiro atoms. The molecule has 0 heterocycles. The van der Waals surface area contributed by atoms with Crippen molar-refractivity contribution in [1.82, 2.24) is 5.06 Å². The highest BCUT2D eigenvalue weighted by Gasteiger charge is 2.06. The average molecular weight is 103 g/mol. The van der Waals surface area contributed by atoms with Gasteiger partial charge in [0.2, 0.25) is 0 Å². The molecule has 0 saturated carbocycles. The number of nitrogens with zero attached hydrogens (tertiary/aromatic N) is 1. The third kappa shape index (κ3) is 2.56. The van der Waals surface area contributed by atoms with Crippen molar-refractivity contribution < 1.29 is 0 Å². The van der Waals surface area contributed by atoms with Crippen LogP contribution in [0.15, 0.2) is 0 Å². The summed E-state index contributed by atoms with van der Waals surface area (Å²) in [5.74, 6) is 0. The first-order valence-corrected chi connectivity index (χ1v) is 2.14. The van der Waals surface area contributed by atoms with Gasteiger partial charge < -0.3 is 16.0 Å². The molecule has 0 fully saturated rings. The zero-order valence-electron chi connectivity index (χ0n) is 4.93. The summed E-state index contributed by atoms with van der Waals surface area (Å²) < 4.78 is 0. The molecule has 0 amide bonds. The second-order valence-electron chi connectivity index (χ2n) is 2.15. The average Bonchev–Trinajstić information content (AvgIpc) is 1.31. The molecular formula is C4H11N2O-. The molecule has 2 N–H and O–H groups in total. The van der Waals surface area contributed by atoms with Crippen LogP contribution in [0.2, 0.25) is 0 Å². The Morgan fingerprint density at radius 3 is 1.71 bits per heavy atom. The predicted octanol–water partition coefficient (Wildman–Crippen LogP) is 0.111. The SMILES string of the molecule is CN([O-])C(C)(C)N. The zero-order chi connectivity index (χ0) is 6.08. The maximum Gasteiger partial charge on any atom is 0.0512 e. The van der Waals surface area contributed by atoms with Gasteiger partial charge in [0, 0.05) is 0 Å². The summed E-state index contributed by atoms with van der Waals surface area (Å²) in [6, 6.07) is 0. The van der Waals surface area contributed by atoms with E-state index in [-0.39, 0.29) is 0 Å². The van der Waals surface area contributed by atoms with Crippen LogP contribution < -0.4 is 5.73 Å². The molecule has 0 aromatic heterocycles. The highest BCUT2D eigenvalue weighted by molar-refractivity contribution is 4.69. The van der Waals surface area contributed by atoms with Gasteiger partial charge in [0.05, 0.1) is 5.66 Å². The summed E-state index contributed by atoms with van der Waals surface area (Å²) in [5.41, 5.74) is 4.57. The normalized spacial score (nSPS) is 12.9. The van der Waals surface area contributed by atoms with Gasteiger partial charge in [-0.05, 0) is 20.9 Å². The number of rotatable bonds is 1. The van der Waals surface area contributed by atoms with E-state index in [0.717, 1.165) is 0 Å². The fraction of sp³-hybridized carbons (Fsp3) is 1.00. The van der Waals surface area contributed by atoms with E-state index in [4.69, 9.17) is 5.73 Å². The first kappa shape index (κ1) is 6.88. The molecule has 0 bridgehead atoms. The molecule has 7 heavy (non-hydrogen) atoms. The lowest BCUT2D eigenvalue weighted by molar-refractivity contribution is 0.234. The Morgan fingerprint density at radius 1 is 1.57 bits per heavy atom.